The minimum absolute atomic E-state index is 0.0645. The minimum atomic E-state index is -0.652. The molecule has 0 aliphatic carbocycles. The molecule has 12 heteroatoms. The fraction of sp³-hybridized carbons (Fsp3) is 0.343. The summed E-state index contributed by atoms with van der Waals surface area (Å²) in [6.07, 6.45) is 1.67. The summed E-state index contributed by atoms with van der Waals surface area (Å²) in [5.41, 5.74) is 3.82. The zero-order valence-electron chi connectivity index (χ0n) is 27.0. The monoisotopic (exact) mass is 680 g/mol. The molecule has 0 saturated carbocycles. The van der Waals surface area contributed by atoms with Crippen molar-refractivity contribution in [2.45, 2.75) is 33.7 Å². The molecular weight excluding hydrogens is 642 g/mol. The average molecular weight is 682 g/mol. The smallest absolute Gasteiger partial charge is 0.421 e. The van der Waals surface area contributed by atoms with Gasteiger partial charge in [0, 0.05) is 60.7 Å². The van der Waals surface area contributed by atoms with E-state index in [1.165, 1.54) is 17.2 Å². The molecule has 5 rings (SSSR count). The van der Waals surface area contributed by atoms with Crippen LogP contribution in [0, 0.1) is 26.6 Å². The van der Waals surface area contributed by atoms with Crippen LogP contribution in [0.25, 0.3) is 0 Å². The number of nitrogens with one attached hydrogen (secondary N) is 1. The summed E-state index contributed by atoms with van der Waals surface area (Å²) in [4.78, 5) is 28.7. The van der Waals surface area contributed by atoms with Gasteiger partial charge in [0.25, 0.3) is 0 Å². The van der Waals surface area contributed by atoms with E-state index < -0.39 is 11.9 Å². The lowest BCUT2D eigenvalue weighted by Gasteiger charge is -2.32. The number of aryl methyl sites for hydroxylation is 3. The van der Waals surface area contributed by atoms with E-state index in [2.05, 4.69) is 32.1 Å². The molecule has 1 fully saturated rings. The first kappa shape index (κ1) is 34.4. The van der Waals surface area contributed by atoms with Gasteiger partial charge in [0.05, 0.1) is 13.2 Å². The van der Waals surface area contributed by atoms with Crippen molar-refractivity contribution in [1.82, 2.24) is 19.8 Å². The maximum absolute atomic E-state index is 15.0. The van der Waals surface area contributed by atoms with Crippen LogP contribution in [0.4, 0.5) is 26.6 Å². The number of aromatic nitrogens is 2. The zero-order valence-corrected chi connectivity index (χ0v) is 28.5. The normalized spacial score (nSPS) is 13.8. The van der Waals surface area contributed by atoms with Gasteiger partial charge in [-0.3, -0.25) is 4.90 Å². The van der Waals surface area contributed by atoms with Gasteiger partial charge in [-0.1, -0.05) is 40.9 Å². The molecule has 4 aromatic rings. The van der Waals surface area contributed by atoms with E-state index in [1.807, 2.05) is 32.9 Å². The zero-order chi connectivity index (χ0) is 33.5. The molecule has 0 unspecified atom stereocenters. The molecule has 1 amide bonds. The highest BCUT2D eigenvalue weighted by molar-refractivity contribution is 6.34. The molecule has 0 spiro atoms. The van der Waals surface area contributed by atoms with Gasteiger partial charge >= 0.3 is 6.09 Å². The molecule has 0 atom stereocenters. The number of ether oxygens (including phenoxy) is 2. The fourth-order valence-electron chi connectivity index (χ4n) is 5.52. The largest absolute Gasteiger partial charge is 0.490 e. The highest BCUT2D eigenvalue weighted by Gasteiger charge is 2.23. The number of benzene rings is 3. The van der Waals surface area contributed by atoms with Crippen molar-refractivity contribution in [1.29, 1.82) is 0 Å². The second-order valence-corrected chi connectivity index (χ2v) is 12.7. The highest BCUT2D eigenvalue weighted by Crippen LogP contribution is 2.29. The molecule has 47 heavy (non-hydrogen) atoms. The Labute approximate surface area is 285 Å². The summed E-state index contributed by atoms with van der Waals surface area (Å²) in [6.45, 7) is 11.4. The Bertz CT molecular complexity index is 1670. The SMILES string of the molecule is Cc1cc(C)c(OC(=O)N(Cc2cc(Cl)cc(Cl)c2)c2ccnc(Nc3ccc(OCCCN4CCN(C)CC4)c(F)c3)n2)c(C)c1. The average Bonchev–Trinajstić information content (AvgIpc) is 3.01. The van der Waals surface area contributed by atoms with Crippen LogP contribution in [-0.4, -0.2) is 72.2 Å². The molecule has 1 N–H and O–H groups in total. The summed E-state index contributed by atoms with van der Waals surface area (Å²) < 4.78 is 26.6. The molecule has 0 radical (unpaired) electrons. The van der Waals surface area contributed by atoms with Crippen LogP contribution in [0.3, 0.4) is 0 Å². The molecular formula is C35H39Cl2FN6O3. The lowest BCUT2D eigenvalue weighted by atomic mass is 10.1. The first-order chi connectivity index (χ1) is 22.5. The molecule has 1 aromatic heterocycles. The molecule has 9 nitrogen and oxygen atoms in total. The number of anilines is 3. The van der Waals surface area contributed by atoms with Crippen LogP contribution in [0.1, 0.15) is 28.7 Å². The number of halogens is 3. The standard InChI is InChI=1S/C35H39Cl2FN6O3/c1-23-16-24(2)33(25(3)17-23)47-35(45)44(22-26-18-27(36)20-28(37)19-26)32-8-9-39-34(41-32)40-29-6-7-31(30(38)21-29)46-15-5-10-43-13-11-42(4)12-14-43/h6-9,16-21H,5,10-15,22H2,1-4H3,(H,39,40,41). The second-order valence-electron chi connectivity index (χ2n) is 11.8. The third-order valence-electron chi connectivity index (χ3n) is 7.86. The Balaban J connectivity index is 1.29. The lowest BCUT2D eigenvalue weighted by molar-refractivity contribution is 0.145. The predicted molar refractivity (Wildman–Crippen MR) is 185 cm³/mol. The lowest BCUT2D eigenvalue weighted by Crippen LogP contribution is -2.44. The summed E-state index contributed by atoms with van der Waals surface area (Å²) in [6, 6.07) is 15.1. The first-order valence-corrected chi connectivity index (χ1v) is 16.2. The highest BCUT2D eigenvalue weighted by atomic mass is 35.5. The van der Waals surface area contributed by atoms with Crippen LogP contribution in [0.5, 0.6) is 11.5 Å². The van der Waals surface area contributed by atoms with E-state index >= 15 is 0 Å². The Morgan fingerprint density at radius 1 is 0.979 bits per heavy atom. The van der Waals surface area contributed by atoms with Gasteiger partial charge in [-0.05, 0) is 87.3 Å². The van der Waals surface area contributed by atoms with Crippen molar-refractivity contribution in [2.24, 2.45) is 0 Å². The van der Waals surface area contributed by atoms with Crippen molar-refractivity contribution >= 4 is 46.7 Å². The van der Waals surface area contributed by atoms with Gasteiger partial charge in [-0.2, -0.15) is 4.98 Å². The summed E-state index contributed by atoms with van der Waals surface area (Å²) in [5, 5.41) is 3.89. The maximum atomic E-state index is 15.0. The van der Waals surface area contributed by atoms with Gasteiger partial charge in [0.15, 0.2) is 11.6 Å². The third kappa shape index (κ3) is 9.54. The quantitative estimate of drug-likeness (QED) is 0.161. The maximum Gasteiger partial charge on any atom is 0.421 e. The Hall–Kier alpha value is -3.96. The van der Waals surface area contributed by atoms with Crippen LogP contribution >= 0.6 is 23.2 Å². The van der Waals surface area contributed by atoms with Crippen molar-refractivity contribution < 1.29 is 18.7 Å². The summed E-state index contributed by atoms with van der Waals surface area (Å²) >= 11 is 12.5. The molecule has 1 saturated heterocycles. The van der Waals surface area contributed by atoms with E-state index in [9.17, 15) is 9.18 Å². The van der Waals surface area contributed by atoms with Crippen molar-refractivity contribution in [3.05, 3.63) is 98.9 Å². The Morgan fingerprint density at radius 2 is 1.68 bits per heavy atom. The number of carbonyl (C=O) groups excluding carboxylic acids is 1. The van der Waals surface area contributed by atoms with Crippen LogP contribution in [-0.2, 0) is 6.54 Å². The molecule has 2 heterocycles. The predicted octanol–water partition coefficient (Wildman–Crippen LogP) is 7.81. The van der Waals surface area contributed by atoms with Gasteiger partial charge < -0.3 is 24.6 Å². The second kappa shape index (κ2) is 15.8. The molecule has 1 aliphatic heterocycles. The third-order valence-corrected chi connectivity index (χ3v) is 8.29. The number of amides is 1. The number of likely N-dealkylation sites (N-methyl/N-ethyl adjacent to an activating group) is 1. The number of piperazine rings is 1. The van der Waals surface area contributed by atoms with Crippen molar-refractivity contribution in [3.8, 4) is 11.5 Å². The first-order valence-electron chi connectivity index (χ1n) is 15.5. The van der Waals surface area contributed by atoms with E-state index in [4.69, 9.17) is 32.7 Å². The minimum Gasteiger partial charge on any atom is -0.490 e. The van der Waals surface area contributed by atoms with E-state index in [-0.39, 0.29) is 24.1 Å². The van der Waals surface area contributed by atoms with Crippen molar-refractivity contribution in [3.63, 3.8) is 0 Å². The summed E-state index contributed by atoms with van der Waals surface area (Å²) in [7, 11) is 2.13. The number of hydrogen-bond acceptors (Lipinski definition) is 8. The number of nitrogens with zero attached hydrogens (tertiary/aromatic N) is 5. The van der Waals surface area contributed by atoms with Gasteiger partial charge in [0.1, 0.15) is 11.6 Å². The molecule has 0 bridgehead atoms. The number of rotatable bonds is 11. The van der Waals surface area contributed by atoms with Gasteiger partial charge in [0.2, 0.25) is 5.95 Å². The fourth-order valence-corrected chi connectivity index (χ4v) is 6.09. The molecule has 3 aromatic carbocycles. The van der Waals surface area contributed by atoms with E-state index in [1.54, 1.807) is 36.4 Å². The molecule has 1 aliphatic rings. The van der Waals surface area contributed by atoms with Crippen LogP contribution in [0.15, 0.2) is 60.8 Å². The number of carbonyl (C=O) groups is 1. The van der Waals surface area contributed by atoms with E-state index in [0.29, 0.717) is 33.7 Å². The van der Waals surface area contributed by atoms with Crippen LogP contribution < -0.4 is 19.7 Å². The van der Waals surface area contributed by atoms with Crippen molar-refractivity contribution in [2.75, 3.05) is 56.6 Å². The molecule has 248 valence electrons. The van der Waals surface area contributed by atoms with Gasteiger partial charge in [-0.25, -0.2) is 14.2 Å². The van der Waals surface area contributed by atoms with Crippen LogP contribution in [0.2, 0.25) is 10.0 Å². The Kier molecular flexibility index (Phi) is 11.5. The topological polar surface area (TPSA) is 83.1 Å². The van der Waals surface area contributed by atoms with Gasteiger partial charge in [-0.15, -0.1) is 0 Å². The Morgan fingerprint density at radius 3 is 2.36 bits per heavy atom. The number of hydrogen-bond donors (Lipinski definition) is 1. The van der Waals surface area contributed by atoms with E-state index in [0.717, 1.165) is 55.8 Å². The summed E-state index contributed by atoms with van der Waals surface area (Å²) in [5.74, 6) is 0.565.